The van der Waals surface area contributed by atoms with Crippen molar-refractivity contribution in [2.75, 3.05) is 34.0 Å². The maximum absolute atomic E-state index is 12.8. The summed E-state index contributed by atoms with van der Waals surface area (Å²) in [6.45, 7) is 8.39. The fourth-order valence-corrected chi connectivity index (χ4v) is 6.63. The summed E-state index contributed by atoms with van der Waals surface area (Å²) in [7, 11) is 1.68. The van der Waals surface area contributed by atoms with E-state index in [1.54, 1.807) is 14.2 Å². The van der Waals surface area contributed by atoms with Crippen LogP contribution in [-0.4, -0.2) is 56.7 Å². The van der Waals surface area contributed by atoms with Gasteiger partial charge in [0.2, 0.25) is 5.91 Å². The number of ether oxygens (including phenoxy) is 3. The zero-order chi connectivity index (χ0) is 32.1. The smallest absolute Gasteiger partial charge is 0.259 e. The number of carbonyl (C=O) groups excluding carboxylic acids is 1. The Morgan fingerprint density at radius 3 is 1.75 bits per heavy atom. The molecule has 9 nitrogen and oxygen atoms in total. The first-order chi connectivity index (χ1) is 21.2. The van der Waals surface area contributed by atoms with E-state index in [2.05, 4.69) is 38.4 Å². The summed E-state index contributed by atoms with van der Waals surface area (Å²) in [6, 6.07) is 27.5. The molecule has 0 aliphatic rings. The van der Waals surface area contributed by atoms with Crippen molar-refractivity contribution < 1.29 is 28.1 Å². The number of nitrogens with two attached hydrogens (primary N) is 1. The summed E-state index contributed by atoms with van der Waals surface area (Å²) in [5, 5.41) is 9.04. The first-order valence-electron chi connectivity index (χ1n) is 14.7. The highest BCUT2D eigenvalue weighted by atomic mass is 31.2. The molecule has 44 heavy (non-hydrogen) atoms. The second-order valence-electron chi connectivity index (χ2n) is 10.8. The van der Waals surface area contributed by atoms with Crippen LogP contribution in [0.2, 0.25) is 0 Å². The number of hydrogen-bond donors (Lipinski definition) is 1. The predicted octanol–water partition coefficient (Wildman–Crippen LogP) is 6.41. The van der Waals surface area contributed by atoms with E-state index in [1.165, 1.54) is 0 Å². The average Bonchev–Trinajstić information content (AvgIpc) is 3.03. The Labute approximate surface area is 262 Å². The zero-order valence-corrected chi connectivity index (χ0v) is 27.3. The first-order valence-corrected chi connectivity index (χ1v) is 15.8. The van der Waals surface area contributed by atoms with E-state index in [-0.39, 0.29) is 38.3 Å². The van der Waals surface area contributed by atoms with Gasteiger partial charge in [-0.15, -0.1) is 0 Å². The van der Waals surface area contributed by atoms with E-state index >= 15 is 0 Å². The molecule has 0 radical (unpaired) electrons. The van der Waals surface area contributed by atoms with Crippen LogP contribution in [0, 0.1) is 17.2 Å². The third-order valence-corrected chi connectivity index (χ3v) is 9.20. The largest absolute Gasteiger partial charge is 0.497 e. The zero-order valence-electron chi connectivity index (χ0n) is 26.4. The van der Waals surface area contributed by atoms with E-state index in [0.29, 0.717) is 11.5 Å². The van der Waals surface area contributed by atoms with Gasteiger partial charge in [0.05, 0.1) is 52.4 Å². The highest BCUT2D eigenvalue weighted by molar-refractivity contribution is 7.44. The molecule has 0 saturated carbocycles. The van der Waals surface area contributed by atoms with Crippen LogP contribution in [0.4, 0.5) is 0 Å². The van der Waals surface area contributed by atoms with Gasteiger partial charge in [0.15, 0.2) is 0 Å². The Morgan fingerprint density at radius 2 is 1.32 bits per heavy atom. The Hall–Kier alpha value is -3.51. The van der Waals surface area contributed by atoms with Crippen LogP contribution in [0.3, 0.4) is 0 Å². The number of nitrogens with zero attached hydrogens (tertiary/aromatic N) is 2. The Balaban J connectivity index is 2.02. The molecular formula is C34H44N3O6P. The van der Waals surface area contributed by atoms with Crippen LogP contribution in [-0.2, 0) is 24.2 Å². The predicted molar refractivity (Wildman–Crippen MR) is 172 cm³/mol. The molecule has 2 atom stereocenters. The van der Waals surface area contributed by atoms with Crippen molar-refractivity contribution in [3.05, 3.63) is 95.6 Å². The van der Waals surface area contributed by atoms with E-state index < -0.39 is 26.0 Å². The average molecular weight is 622 g/mol. The maximum Gasteiger partial charge on any atom is 0.259 e. The van der Waals surface area contributed by atoms with Crippen LogP contribution in [0.15, 0.2) is 78.9 Å². The Morgan fingerprint density at radius 1 is 0.818 bits per heavy atom. The molecule has 0 heterocycles. The minimum absolute atomic E-state index is 0.0143. The van der Waals surface area contributed by atoms with Gasteiger partial charge in [-0.05, 0) is 68.7 Å². The number of hydrogen-bond acceptors (Lipinski definition) is 8. The molecule has 2 unspecified atom stereocenters. The molecule has 0 aliphatic heterocycles. The van der Waals surface area contributed by atoms with Crippen molar-refractivity contribution in [3.8, 4) is 17.6 Å². The number of amides is 1. The number of benzene rings is 3. The molecule has 0 saturated heterocycles. The fourth-order valence-electron chi connectivity index (χ4n) is 4.98. The number of primary amides is 1. The summed E-state index contributed by atoms with van der Waals surface area (Å²) < 4.78 is 32.2. The highest BCUT2D eigenvalue weighted by Gasteiger charge is 2.39. The normalized spacial score (nSPS) is 13.1. The van der Waals surface area contributed by atoms with Crippen LogP contribution in [0.5, 0.6) is 11.5 Å². The van der Waals surface area contributed by atoms with Gasteiger partial charge in [-0.25, -0.2) is 4.67 Å². The van der Waals surface area contributed by atoms with Crippen molar-refractivity contribution in [2.45, 2.75) is 51.8 Å². The second kappa shape index (κ2) is 17.1. The molecule has 2 N–H and O–H groups in total. The first kappa shape index (κ1) is 35.0. The topological polar surface area (TPSA) is 116 Å². The van der Waals surface area contributed by atoms with Crippen molar-refractivity contribution in [1.82, 2.24) is 4.67 Å². The molecule has 236 valence electrons. The molecule has 0 aromatic heterocycles. The number of carbonyl (C=O) groups is 1. The van der Waals surface area contributed by atoms with Crippen LogP contribution in [0.25, 0.3) is 0 Å². The Kier molecular flexibility index (Phi) is 13.6. The third kappa shape index (κ3) is 8.78. The molecule has 3 rings (SSSR count). The third-order valence-electron chi connectivity index (χ3n) is 7.13. The monoisotopic (exact) mass is 621 g/mol. The molecule has 10 heteroatoms. The van der Waals surface area contributed by atoms with Gasteiger partial charge in [-0.3, -0.25) is 4.79 Å². The highest BCUT2D eigenvalue weighted by Crippen LogP contribution is 2.47. The van der Waals surface area contributed by atoms with Gasteiger partial charge >= 0.3 is 0 Å². The van der Waals surface area contributed by atoms with Gasteiger partial charge in [0.1, 0.15) is 17.1 Å². The van der Waals surface area contributed by atoms with Gasteiger partial charge in [-0.1, -0.05) is 54.6 Å². The van der Waals surface area contributed by atoms with E-state index in [0.717, 1.165) is 16.7 Å². The fraction of sp³-hybridized carbons (Fsp3) is 0.412. The second-order valence-corrected chi connectivity index (χ2v) is 12.2. The molecule has 3 aromatic carbocycles. The molecule has 0 bridgehead atoms. The molecule has 0 fully saturated rings. The lowest BCUT2D eigenvalue weighted by Gasteiger charge is -2.38. The van der Waals surface area contributed by atoms with Crippen LogP contribution >= 0.6 is 8.53 Å². The quantitative estimate of drug-likeness (QED) is 0.0985. The van der Waals surface area contributed by atoms with Crippen molar-refractivity contribution in [2.24, 2.45) is 11.7 Å². The number of rotatable bonds is 18. The maximum atomic E-state index is 12.8. The van der Waals surface area contributed by atoms with E-state index in [1.807, 2.05) is 78.9 Å². The summed E-state index contributed by atoms with van der Waals surface area (Å²) in [5.41, 5.74) is 7.38. The minimum atomic E-state index is -1.56. The van der Waals surface area contributed by atoms with Gasteiger partial charge in [0.25, 0.3) is 8.53 Å². The summed E-state index contributed by atoms with van der Waals surface area (Å²) >= 11 is 0. The lowest BCUT2D eigenvalue weighted by atomic mass is 9.80. The summed E-state index contributed by atoms with van der Waals surface area (Å²) in [6.07, 6.45) is 0.234. The summed E-state index contributed by atoms with van der Waals surface area (Å²) in [5.74, 6) is 0.0707. The lowest BCUT2D eigenvalue weighted by Crippen LogP contribution is -2.39. The number of methoxy groups -OCH3 is 2. The van der Waals surface area contributed by atoms with E-state index in [9.17, 15) is 4.79 Å². The minimum Gasteiger partial charge on any atom is -0.497 e. The standard InChI is InChI=1S/C34H44N3O6P/c1-25(2)37(26(3)4)44(42-22-10-21-35)43-24-27(33(36)38)23-41-34(28-11-8-7-9-12-28,29-13-17-31(39-5)18-14-29)30-15-19-32(40-6)20-16-30/h7-9,11-20,25-27H,10,22-24H2,1-6H3,(H2,36,38). The summed E-state index contributed by atoms with van der Waals surface area (Å²) in [4.78, 5) is 12.8. The van der Waals surface area contributed by atoms with Gasteiger partial charge < -0.3 is 29.0 Å². The molecule has 1 amide bonds. The number of nitriles is 1. The van der Waals surface area contributed by atoms with Crippen molar-refractivity contribution in [1.29, 1.82) is 5.26 Å². The lowest BCUT2D eigenvalue weighted by molar-refractivity contribution is -0.127. The van der Waals surface area contributed by atoms with Crippen LogP contribution < -0.4 is 15.2 Å². The molecular weight excluding hydrogens is 577 g/mol. The van der Waals surface area contributed by atoms with Gasteiger partial charge in [-0.2, -0.15) is 5.26 Å². The van der Waals surface area contributed by atoms with Crippen LogP contribution in [0.1, 0.15) is 50.8 Å². The SMILES string of the molecule is COc1ccc(C(OCC(COP(OCCC#N)N(C(C)C)C(C)C)C(N)=O)(c2ccccc2)c2ccc(OC)cc2)cc1. The van der Waals surface area contributed by atoms with Crippen molar-refractivity contribution in [3.63, 3.8) is 0 Å². The molecule has 3 aromatic rings. The van der Waals surface area contributed by atoms with E-state index in [4.69, 9.17) is 34.3 Å². The van der Waals surface area contributed by atoms with Gasteiger partial charge in [0, 0.05) is 12.1 Å². The molecule has 0 spiro atoms. The van der Waals surface area contributed by atoms with Crippen molar-refractivity contribution >= 4 is 14.4 Å². The Bertz CT molecular complexity index is 1270. The molecule has 0 aliphatic carbocycles.